The first kappa shape index (κ1) is 15.3. The van der Waals surface area contributed by atoms with Gasteiger partial charge in [-0.05, 0) is 56.0 Å². The molecule has 0 amide bonds. The molecule has 7 heteroatoms. The van der Waals surface area contributed by atoms with Gasteiger partial charge in [-0.1, -0.05) is 0 Å². The maximum absolute atomic E-state index is 12.2. The van der Waals surface area contributed by atoms with Crippen LogP contribution in [0, 0.1) is 6.92 Å². The highest BCUT2D eigenvalue weighted by atomic mass is 32.1. The van der Waals surface area contributed by atoms with E-state index in [0.29, 0.717) is 5.82 Å². The summed E-state index contributed by atoms with van der Waals surface area (Å²) in [6.45, 7) is -0.948. The summed E-state index contributed by atoms with van der Waals surface area (Å²) in [5, 5.41) is 4.39. The molecule has 1 aromatic carbocycles. The summed E-state index contributed by atoms with van der Waals surface area (Å²) in [6, 6.07) is 6.43. The van der Waals surface area contributed by atoms with Crippen LogP contribution in [-0.4, -0.2) is 16.6 Å². The van der Waals surface area contributed by atoms with E-state index in [-0.39, 0.29) is 5.75 Å². The number of thiophene rings is 1. The lowest BCUT2D eigenvalue weighted by Gasteiger charge is -2.10. The average molecular weight is 347 g/mol. The molecular formula is C17H15F2N3OS. The van der Waals surface area contributed by atoms with Gasteiger partial charge in [0, 0.05) is 10.6 Å². The van der Waals surface area contributed by atoms with Crippen molar-refractivity contribution in [2.45, 2.75) is 32.8 Å². The first-order chi connectivity index (χ1) is 11.6. The van der Waals surface area contributed by atoms with Gasteiger partial charge in [0.1, 0.15) is 22.2 Å². The summed E-state index contributed by atoms with van der Waals surface area (Å²) in [7, 11) is 0. The Labute approximate surface area is 141 Å². The highest BCUT2D eigenvalue weighted by Crippen LogP contribution is 2.40. The van der Waals surface area contributed by atoms with Crippen molar-refractivity contribution in [3.8, 4) is 5.75 Å². The number of aromatic nitrogens is 2. The van der Waals surface area contributed by atoms with E-state index in [1.807, 2.05) is 6.92 Å². The zero-order valence-corrected chi connectivity index (χ0v) is 13.8. The fraction of sp³-hybridized carbons (Fsp3) is 0.294. The van der Waals surface area contributed by atoms with Crippen LogP contribution in [0.15, 0.2) is 24.3 Å². The van der Waals surface area contributed by atoms with Crippen LogP contribution in [0.4, 0.5) is 20.3 Å². The van der Waals surface area contributed by atoms with Crippen LogP contribution in [0.1, 0.15) is 22.7 Å². The van der Waals surface area contributed by atoms with Crippen LogP contribution < -0.4 is 10.1 Å². The van der Waals surface area contributed by atoms with E-state index >= 15 is 0 Å². The molecule has 24 heavy (non-hydrogen) atoms. The third-order valence-corrected chi connectivity index (χ3v) is 5.20. The number of halogens is 2. The Bertz CT molecular complexity index is 893. The zero-order chi connectivity index (χ0) is 16.7. The van der Waals surface area contributed by atoms with Gasteiger partial charge < -0.3 is 10.1 Å². The number of anilines is 2. The number of nitrogens with one attached hydrogen (secondary N) is 1. The molecule has 0 aliphatic heterocycles. The average Bonchev–Trinajstić information content (AvgIpc) is 3.08. The predicted molar refractivity (Wildman–Crippen MR) is 90.5 cm³/mol. The number of ether oxygens (including phenoxy) is 1. The molecule has 0 atom stereocenters. The van der Waals surface area contributed by atoms with Gasteiger partial charge in [0.05, 0.1) is 5.39 Å². The molecule has 0 unspecified atom stereocenters. The number of rotatable bonds is 4. The van der Waals surface area contributed by atoms with Crippen LogP contribution in [0.3, 0.4) is 0 Å². The summed E-state index contributed by atoms with van der Waals surface area (Å²) in [6.07, 6.45) is 3.33. The van der Waals surface area contributed by atoms with Gasteiger partial charge in [-0.15, -0.1) is 11.3 Å². The van der Waals surface area contributed by atoms with Crippen molar-refractivity contribution in [3.05, 3.63) is 40.5 Å². The molecule has 124 valence electrons. The SMILES string of the molecule is Cc1nc(Nc2ccc(OC(F)F)cc2)c2c3c(sc2n1)CCC3. The Morgan fingerprint density at radius 3 is 2.71 bits per heavy atom. The molecule has 1 N–H and O–H groups in total. The van der Waals surface area contributed by atoms with E-state index < -0.39 is 6.61 Å². The Morgan fingerprint density at radius 2 is 1.96 bits per heavy atom. The van der Waals surface area contributed by atoms with Crippen molar-refractivity contribution < 1.29 is 13.5 Å². The van der Waals surface area contributed by atoms with Gasteiger partial charge in [0.15, 0.2) is 0 Å². The van der Waals surface area contributed by atoms with E-state index in [1.165, 1.54) is 29.0 Å². The van der Waals surface area contributed by atoms with Crippen LogP contribution in [0.2, 0.25) is 0 Å². The lowest BCUT2D eigenvalue weighted by atomic mass is 10.2. The molecule has 4 rings (SSSR count). The summed E-state index contributed by atoms with van der Waals surface area (Å²) >= 11 is 1.74. The Balaban J connectivity index is 1.69. The number of hydrogen-bond donors (Lipinski definition) is 1. The molecule has 0 spiro atoms. The largest absolute Gasteiger partial charge is 0.435 e. The lowest BCUT2D eigenvalue weighted by molar-refractivity contribution is -0.0498. The van der Waals surface area contributed by atoms with Crippen molar-refractivity contribution in [2.75, 3.05) is 5.32 Å². The van der Waals surface area contributed by atoms with E-state index in [4.69, 9.17) is 0 Å². The van der Waals surface area contributed by atoms with Gasteiger partial charge in [-0.25, -0.2) is 9.97 Å². The second-order valence-corrected chi connectivity index (χ2v) is 6.77. The second-order valence-electron chi connectivity index (χ2n) is 5.68. The normalized spacial score (nSPS) is 13.5. The molecule has 1 aliphatic rings. The van der Waals surface area contributed by atoms with Crippen LogP contribution in [0.5, 0.6) is 5.75 Å². The minimum absolute atomic E-state index is 0.135. The third kappa shape index (κ3) is 2.80. The van der Waals surface area contributed by atoms with Gasteiger partial charge in [-0.3, -0.25) is 0 Å². The number of hydrogen-bond acceptors (Lipinski definition) is 5. The van der Waals surface area contributed by atoms with Crippen molar-refractivity contribution in [2.24, 2.45) is 0 Å². The number of benzene rings is 1. The highest BCUT2D eigenvalue weighted by Gasteiger charge is 2.22. The Hall–Kier alpha value is -2.28. The number of fused-ring (bicyclic) bond motifs is 3. The van der Waals surface area contributed by atoms with Crippen LogP contribution >= 0.6 is 11.3 Å². The first-order valence-electron chi connectivity index (χ1n) is 7.71. The maximum atomic E-state index is 12.2. The molecule has 2 heterocycles. The van der Waals surface area contributed by atoms with Crippen LogP contribution in [-0.2, 0) is 12.8 Å². The lowest BCUT2D eigenvalue weighted by Crippen LogP contribution is -2.02. The van der Waals surface area contributed by atoms with Crippen molar-refractivity contribution in [1.82, 2.24) is 9.97 Å². The molecule has 0 saturated carbocycles. The number of alkyl halides is 2. The van der Waals surface area contributed by atoms with Gasteiger partial charge in [0.2, 0.25) is 0 Å². The highest BCUT2D eigenvalue weighted by molar-refractivity contribution is 7.19. The summed E-state index contributed by atoms with van der Waals surface area (Å²) in [5.41, 5.74) is 2.11. The Kier molecular flexibility index (Phi) is 3.80. The molecular weight excluding hydrogens is 332 g/mol. The Morgan fingerprint density at radius 1 is 1.17 bits per heavy atom. The standard InChI is InChI=1S/C17H15F2N3OS/c1-9-20-15(14-12-3-2-4-13(12)24-16(14)21-9)22-10-5-7-11(8-6-10)23-17(18)19/h5-8,17H,2-4H2,1H3,(H,20,21,22). The van der Waals surface area contributed by atoms with Crippen molar-refractivity contribution in [1.29, 1.82) is 0 Å². The number of aryl methyl sites for hydroxylation is 3. The van der Waals surface area contributed by atoms with E-state index in [9.17, 15) is 8.78 Å². The van der Waals surface area contributed by atoms with E-state index in [2.05, 4.69) is 20.0 Å². The summed E-state index contributed by atoms with van der Waals surface area (Å²) in [4.78, 5) is 11.5. The third-order valence-electron chi connectivity index (χ3n) is 4.02. The quantitative estimate of drug-likeness (QED) is 0.734. The summed E-state index contributed by atoms with van der Waals surface area (Å²) in [5.74, 6) is 1.62. The molecule has 0 fully saturated rings. The molecule has 3 aromatic rings. The molecule has 0 radical (unpaired) electrons. The van der Waals surface area contributed by atoms with Crippen molar-refractivity contribution in [3.63, 3.8) is 0 Å². The van der Waals surface area contributed by atoms with E-state index in [0.717, 1.165) is 34.6 Å². The minimum atomic E-state index is -2.82. The topological polar surface area (TPSA) is 47.0 Å². The minimum Gasteiger partial charge on any atom is -0.435 e. The summed E-state index contributed by atoms with van der Waals surface area (Å²) < 4.78 is 28.8. The fourth-order valence-electron chi connectivity index (χ4n) is 3.05. The monoisotopic (exact) mass is 347 g/mol. The molecule has 0 saturated heterocycles. The molecule has 1 aliphatic carbocycles. The molecule has 4 nitrogen and oxygen atoms in total. The number of nitrogens with zero attached hydrogens (tertiary/aromatic N) is 2. The molecule has 2 aromatic heterocycles. The van der Waals surface area contributed by atoms with Gasteiger partial charge in [0.25, 0.3) is 0 Å². The van der Waals surface area contributed by atoms with Gasteiger partial charge >= 0.3 is 6.61 Å². The second kappa shape index (κ2) is 5.98. The smallest absolute Gasteiger partial charge is 0.387 e. The van der Waals surface area contributed by atoms with Gasteiger partial charge in [-0.2, -0.15) is 8.78 Å². The van der Waals surface area contributed by atoms with Crippen molar-refractivity contribution >= 4 is 33.1 Å². The maximum Gasteiger partial charge on any atom is 0.387 e. The van der Waals surface area contributed by atoms with E-state index in [1.54, 1.807) is 23.5 Å². The van der Waals surface area contributed by atoms with Crippen LogP contribution in [0.25, 0.3) is 10.2 Å². The fourth-order valence-corrected chi connectivity index (χ4v) is 4.36. The molecule has 0 bridgehead atoms. The predicted octanol–water partition coefficient (Wildman–Crippen LogP) is 4.83. The zero-order valence-electron chi connectivity index (χ0n) is 13.0. The first-order valence-corrected chi connectivity index (χ1v) is 8.52.